The van der Waals surface area contributed by atoms with Crippen molar-refractivity contribution < 1.29 is 24.3 Å². The number of nitrogens with zero attached hydrogens (tertiary/aromatic N) is 2. The molecule has 2 rings (SSSR count). The molecule has 1 aromatic carbocycles. The van der Waals surface area contributed by atoms with E-state index in [0.29, 0.717) is 25.1 Å². The standard InChI is InChI=1S/C15H20N2O6S/c18-5-6-22-10-13-7-14(24)8-16(13)15(19)23-9-11-1-3-12(4-2-11)17(20)21/h1-4,13-14,18,24H,5-10H2/t13-,14+/m0/s1. The minimum Gasteiger partial charge on any atom is -0.445 e. The highest BCUT2D eigenvalue weighted by Crippen LogP contribution is 2.23. The van der Waals surface area contributed by atoms with E-state index in [1.807, 2.05) is 0 Å². The summed E-state index contributed by atoms with van der Waals surface area (Å²) in [6, 6.07) is 5.71. The van der Waals surface area contributed by atoms with Gasteiger partial charge in [0.15, 0.2) is 0 Å². The first-order valence-electron chi connectivity index (χ1n) is 7.54. The Kier molecular flexibility index (Phi) is 6.83. The van der Waals surface area contributed by atoms with Gasteiger partial charge in [-0.15, -0.1) is 0 Å². The highest BCUT2D eigenvalue weighted by atomic mass is 32.1. The number of carbonyl (C=O) groups excluding carboxylic acids is 1. The van der Waals surface area contributed by atoms with Crippen molar-refractivity contribution in [1.29, 1.82) is 0 Å². The van der Waals surface area contributed by atoms with Gasteiger partial charge < -0.3 is 19.5 Å². The summed E-state index contributed by atoms with van der Waals surface area (Å²) < 4.78 is 10.6. The van der Waals surface area contributed by atoms with Gasteiger partial charge in [-0.2, -0.15) is 12.6 Å². The molecule has 0 aliphatic carbocycles. The molecule has 0 unspecified atom stereocenters. The number of rotatable bonds is 7. The van der Waals surface area contributed by atoms with Crippen LogP contribution in [0, 0.1) is 10.1 Å². The van der Waals surface area contributed by atoms with Gasteiger partial charge in [0.1, 0.15) is 6.61 Å². The van der Waals surface area contributed by atoms with Crippen LogP contribution in [-0.4, -0.2) is 58.7 Å². The molecule has 1 saturated heterocycles. The van der Waals surface area contributed by atoms with Crippen LogP contribution in [0.5, 0.6) is 0 Å². The third kappa shape index (κ3) is 5.08. The number of thiol groups is 1. The van der Waals surface area contributed by atoms with E-state index in [1.54, 1.807) is 17.0 Å². The number of nitro groups is 1. The van der Waals surface area contributed by atoms with Crippen LogP contribution in [0.15, 0.2) is 24.3 Å². The van der Waals surface area contributed by atoms with Crippen LogP contribution in [0.1, 0.15) is 12.0 Å². The van der Waals surface area contributed by atoms with Gasteiger partial charge in [0.2, 0.25) is 0 Å². The largest absolute Gasteiger partial charge is 0.445 e. The lowest BCUT2D eigenvalue weighted by Gasteiger charge is -2.23. The number of ether oxygens (including phenoxy) is 2. The maximum Gasteiger partial charge on any atom is 0.410 e. The van der Waals surface area contributed by atoms with Crippen LogP contribution < -0.4 is 0 Å². The zero-order valence-corrected chi connectivity index (χ0v) is 13.9. The van der Waals surface area contributed by atoms with Crippen LogP contribution in [0.3, 0.4) is 0 Å². The zero-order valence-electron chi connectivity index (χ0n) is 13.0. The Morgan fingerprint density at radius 1 is 1.42 bits per heavy atom. The number of hydrogen-bond acceptors (Lipinski definition) is 7. The molecule has 1 fully saturated rings. The molecule has 24 heavy (non-hydrogen) atoms. The number of non-ortho nitro benzene ring substituents is 1. The molecule has 132 valence electrons. The van der Waals surface area contributed by atoms with Crippen molar-refractivity contribution in [3.63, 3.8) is 0 Å². The third-order valence-corrected chi connectivity index (χ3v) is 4.06. The molecule has 1 aliphatic heterocycles. The molecule has 0 bridgehead atoms. The summed E-state index contributed by atoms with van der Waals surface area (Å²) in [6.45, 7) is 0.982. The fourth-order valence-corrected chi connectivity index (χ4v) is 2.92. The van der Waals surface area contributed by atoms with Gasteiger partial charge in [0.25, 0.3) is 5.69 Å². The van der Waals surface area contributed by atoms with Crippen molar-refractivity contribution in [1.82, 2.24) is 4.90 Å². The van der Waals surface area contributed by atoms with Crippen LogP contribution in [-0.2, 0) is 16.1 Å². The van der Waals surface area contributed by atoms with Crippen LogP contribution in [0.2, 0.25) is 0 Å². The number of hydrogen-bond donors (Lipinski definition) is 2. The van der Waals surface area contributed by atoms with E-state index in [0.717, 1.165) is 0 Å². The molecule has 0 spiro atoms. The molecule has 1 aliphatic rings. The first kappa shape index (κ1) is 18.5. The first-order valence-corrected chi connectivity index (χ1v) is 8.06. The summed E-state index contributed by atoms with van der Waals surface area (Å²) in [5.41, 5.74) is 0.660. The van der Waals surface area contributed by atoms with Crippen molar-refractivity contribution in [2.75, 3.05) is 26.4 Å². The lowest BCUT2D eigenvalue weighted by atomic mass is 10.2. The van der Waals surface area contributed by atoms with E-state index in [-0.39, 0.29) is 36.8 Å². The van der Waals surface area contributed by atoms with Crippen LogP contribution in [0.4, 0.5) is 10.5 Å². The number of nitro benzene ring substituents is 1. The summed E-state index contributed by atoms with van der Waals surface area (Å²) >= 11 is 4.40. The summed E-state index contributed by atoms with van der Waals surface area (Å²) in [5.74, 6) is 0. The van der Waals surface area contributed by atoms with Gasteiger partial charge >= 0.3 is 6.09 Å². The molecule has 0 aromatic heterocycles. The van der Waals surface area contributed by atoms with Gasteiger partial charge in [-0.05, 0) is 24.1 Å². The second-order valence-electron chi connectivity index (χ2n) is 5.47. The van der Waals surface area contributed by atoms with Gasteiger partial charge in [-0.1, -0.05) is 0 Å². The Labute approximate surface area is 144 Å². The summed E-state index contributed by atoms with van der Waals surface area (Å²) in [7, 11) is 0. The highest BCUT2D eigenvalue weighted by Gasteiger charge is 2.34. The van der Waals surface area contributed by atoms with Crippen LogP contribution in [0.25, 0.3) is 0 Å². The SMILES string of the molecule is O=C(OCc1ccc([N+](=O)[O-])cc1)N1C[C@H](S)C[C@H]1COCCO. The Morgan fingerprint density at radius 2 is 2.12 bits per heavy atom. The van der Waals surface area contributed by atoms with E-state index < -0.39 is 11.0 Å². The monoisotopic (exact) mass is 356 g/mol. The Bertz CT molecular complexity index is 568. The Morgan fingerprint density at radius 3 is 2.75 bits per heavy atom. The van der Waals surface area contributed by atoms with Gasteiger partial charge in [0.05, 0.1) is 30.8 Å². The summed E-state index contributed by atoms with van der Waals surface area (Å²) in [5, 5.41) is 19.4. The summed E-state index contributed by atoms with van der Waals surface area (Å²) in [6.07, 6.45) is 0.226. The van der Waals surface area contributed by atoms with E-state index >= 15 is 0 Å². The molecule has 1 aromatic rings. The van der Waals surface area contributed by atoms with E-state index in [9.17, 15) is 14.9 Å². The highest BCUT2D eigenvalue weighted by molar-refractivity contribution is 7.81. The number of carbonyl (C=O) groups is 1. The predicted octanol–water partition coefficient (Wildman–Crippen LogP) is 1.61. The molecule has 0 radical (unpaired) electrons. The minimum absolute atomic E-state index is 0.0105. The average molecular weight is 356 g/mol. The number of benzene rings is 1. The van der Waals surface area contributed by atoms with Gasteiger partial charge in [-0.3, -0.25) is 10.1 Å². The van der Waals surface area contributed by atoms with E-state index in [2.05, 4.69) is 12.6 Å². The maximum absolute atomic E-state index is 12.2. The van der Waals surface area contributed by atoms with Crippen molar-refractivity contribution in [2.24, 2.45) is 0 Å². The van der Waals surface area contributed by atoms with Gasteiger partial charge in [-0.25, -0.2) is 4.79 Å². The normalized spacial score (nSPS) is 20.2. The third-order valence-electron chi connectivity index (χ3n) is 3.68. The average Bonchev–Trinajstić information content (AvgIpc) is 2.94. The Balaban J connectivity index is 1.86. The fourth-order valence-electron chi connectivity index (χ4n) is 2.50. The van der Waals surface area contributed by atoms with Crippen molar-refractivity contribution in [3.05, 3.63) is 39.9 Å². The lowest BCUT2D eigenvalue weighted by Crippen LogP contribution is -2.39. The molecule has 8 nitrogen and oxygen atoms in total. The van der Waals surface area contributed by atoms with Crippen molar-refractivity contribution in [2.45, 2.75) is 24.3 Å². The van der Waals surface area contributed by atoms with Crippen LogP contribution >= 0.6 is 12.6 Å². The zero-order chi connectivity index (χ0) is 17.5. The fraction of sp³-hybridized carbons (Fsp3) is 0.533. The smallest absolute Gasteiger partial charge is 0.410 e. The second kappa shape index (κ2) is 8.86. The molecular weight excluding hydrogens is 336 g/mol. The van der Waals surface area contributed by atoms with E-state index in [4.69, 9.17) is 14.6 Å². The van der Waals surface area contributed by atoms with Crippen molar-refractivity contribution in [3.8, 4) is 0 Å². The molecular formula is C15H20N2O6S. The first-order chi connectivity index (χ1) is 11.5. The Hall–Kier alpha value is -1.84. The summed E-state index contributed by atoms with van der Waals surface area (Å²) in [4.78, 5) is 23.9. The number of likely N-dealkylation sites (tertiary alicyclic amines) is 1. The molecule has 2 atom stereocenters. The van der Waals surface area contributed by atoms with E-state index in [1.165, 1.54) is 12.1 Å². The molecule has 0 saturated carbocycles. The topological polar surface area (TPSA) is 102 Å². The predicted molar refractivity (Wildman–Crippen MR) is 89.1 cm³/mol. The number of aliphatic hydroxyl groups excluding tert-OH is 1. The second-order valence-corrected chi connectivity index (χ2v) is 6.20. The molecule has 1 amide bonds. The molecule has 1 heterocycles. The molecule has 9 heteroatoms. The van der Waals surface area contributed by atoms with Gasteiger partial charge in [0, 0.05) is 23.9 Å². The molecule has 1 N–H and O–H groups in total. The maximum atomic E-state index is 12.2. The lowest BCUT2D eigenvalue weighted by molar-refractivity contribution is -0.384. The quantitative estimate of drug-likeness (QED) is 0.333. The minimum atomic E-state index is -0.482. The van der Waals surface area contributed by atoms with Crippen molar-refractivity contribution >= 4 is 24.4 Å². The number of amides is 1. The number of aliphatic hydroxyl groups is 1.